The van der Waals surface area contributed by atoms with E-state index in [0.717, 1.165) is 31.6 Å². The van der Waals surface area contributed by atoms with Gasteiger partial charge in [0.25, 0.3) is 0 Å². The standard InChI is InChI=1S/C20H25N3O6/c1-27-19(28-2)12-8-10-22(11-9-12)13-4-3-5-14-17(13)29-20(26)23(14)15-6-7-16(24)21-18(15)25/h3-5,12,15,19H,6-11H2,1-2H3,(H,21,24,25). The summed E-state index contributed by atoms with van der Waals surface area (Å²) < 4.78 is 17.7. The molecule has 1 N–H and O–H groups in total. The molecule has 9 heteroatoms. The fourth-order valence-electron chi connectivity index (χ4n) is 4.41. The number of rotatable bonds is 5. The molecule has 2 aromatic rings. The van der Waals surface area contributed by atoms with Gasteiger partial charge < -0.3 is 18.8 Å². The van der Waals surface area contributed by atoms with Crippen LogP contribution in [0.2, 0.25) is 0 Å². The first-order valence-corrected chi connectivity index (χ1v) is 9.81. The number of hydrogen-bond acceptors (Lipinski definition) is 7. The Hall–Kier alpha value is -2.65. The molecule has 0 bridgehead atoms. The zero-order valence-corrected chi connectivity index (χ0v) is 16.6. The number of oxazole rings is 1. The highest BCUT2D eigenvalue weighted by Crippen LogP contribution is 2.33. The minimum atomic E-state index is -0.744. The number of fused-ring (bicyclic) bond motifs is 1. The average molecular weight is 403 g/mol. The van der Waals surface area contributed by atoms with Crippen LogP contribution >= 0.6 is 0 Å². The van der Waals surface area contributed by atoms with Crippen LogP contribution in [0.1, 0.15) is 31.7 Å². The van der Waals surface area contributed by atoms with Crippen LogP contribution in [-0.4, -0.2) is 50.0 Å². The Balaban J connectivity index is 1.62. The van der Waals surface area contributed by atoms with Crippen LogP contribution in [0, 0.1) is 5.92 Å². The van der Waals surface area contributed by atoms with Crippen molar-refractivity contribution >= 4 is 28.6 Å². The molecule has 9 nitrogen and oxygen atoms in total. The van der Waals surface area contributed by atoms with Crippen molar-refractivity contribution in [1.29, 1.82) is 0 Å². The monoisotopic (exact) mass is 403 g/mol. The summed E-state index contributed by atoms with van der Waals surface area (Å²) in [7, 11) is 3.29. The number of ether oxygens (including phenoxy) is 2. The van der Waals surface area contributed by atoms with Crippen LogP contribution in [0.5, 0.6) is 0 Å². The molecule has 1 aromatic carbocycles. The van der Waals surface area contributed by atoms with E-state index in [2.05, 4.69) is 10.2 Å². The predicted molar refractivity (Wildman–Crippen MR) is 105 cm³/mol. The first-order chi connectivity index (χ1) is 14.0. The third-order valence-corrected chi connectivity index (χ3v) is 5.87. The zero-order chi connectivity index (χ0) is 20.5. The van der Waals surface area contributed by atoms with E-state index in [0.29, 0.717) is 17.0 Å². The molecule has 1 unspecified atom stereocenters. The second-order valence-corrected chi connectivity index (χ2v) is 7.49. The van der Waals surface area contributed by atoms with E-state index in [4.69, 9.17) is 13.9 Å². The summed E-state index contributed by atoms with van der Waals surface area (Å²) in [6.45, 7) is 1.56. The fraction of sp³-hybridized carbons (Fsp3) is 0.550. The molecule has 4 rings (SSSR count). The molecule has 2 aliphatic rings. The van der Waals surface area contributed by atoms with E-state index in [-0.39, 0.29) is 25.0 Å². The summed E-state index contributed by atoms with van der Waals surface area (Å²) in [5, 5.41) is 2.30. The number of imide groups is 1. The van der Waals surface area contributed by atoms with Gasteiger partial charge in [0.1, 0.15) is 6.04 Å². The van der Waals surface area contributed by atoms with E-state index < -0.39 is 17.7 Å². The number of nitrogens with one attached hydrogen (secondary N) is 1. The number of benzene rings is 1. The Kier molecular flexibility index (Phi) is 5.42. The van der Waals surface area contributed by atoms with Crippen molar-refractivity contribution in [2.24, 2.45) is 5.92 Å². The Morgan fingerprint density at radius 3 is 2.48 bits per heavy atom. The third-order valence-electron chi connectivity index (χ3n) is 5.87. The first kappa shape index (κ1) is 19.7. The summed E-state index contributed by atoms with van der Waals surface area (Å²) in [6, 6.07) is 4.80. The van der Waals surface area contributed by atoms with Gasteiger partial charge in [-0.1, -0.05) is 6.07 Å². The summed E-state index contributed by atoms with van der Waals surface area (Å²) in [5.74, 6) is -1.07. The maximum absolute atomic E-state index is 12.6. The minimum Gasteiger partial charge on any atom is -0.405 e. The normalized spacial score (nSPS) is 21.2. The highest BCUT2D eigenvalue weighted by atomic mass is 16.7. The van der Waals surface area contributed by atoms with Crippen molar-refractivity contribution in [1.82, 2.24) is 9.88 Å². The van der Waals surface area contributed by atoms with Gasteiger partial charge in [0, 0.05) is 39.6 Å². The Labute approximate surface area is 167 Å². The molecule has 29 heavy (non-hydrogen) atoms. The molecule has 156 valence electrons. The number of amides is 2. The summed E-state index contributed by atoms with van der Waals surface area (Å²) in [5.41, 5.74) is 1.86. The highest BCUT2D eigenvalue weighted by molar-refractivity contribution is 6.00. The summed E-state index contributed by atoms with van der Waals surface area (Å²) in [6.07, 6.45) is 2.04. The van der Waals surface area contributed by atoms with Gasteiger partial charge in [0.15, 0.2) is 11.9 Å². The SMILES string of the molecule is COC(OC)C1CCN(c2cccc3c2oc(=O)n3C2CCC(=O)NC2=O)CC1. The topological polar surface area (TPSA) is 103 Å². The van der Waals surface area contributed by atoms with Crippen LogP contribution in [0.4, 0.5) is 5.69 Å². The van der Waals surface area contributed by atoms with Crippen molar-refractivity contribution in [2.75, 3.05) is 32.2 Å². The van der Waals surface area contributed by atoms with Gasteiger partial charge in [-0.15, -0.1) is 0 Å². The molecule has 2 fully saturated rings. The van der Waals surface area contributed by atoms with Crippen LogP contribution in [0.3, 0.4) is 0 Å². The molecule has 0 radical (unpaired) electrons. The Morgan fingerprint density at radius 1 is 1.10 bits per heavy atom. The highest BCUT2D eigenvalue weighted by Gasteiger charge is 2.33. The summed E-state index contributed by atoms with van der Waals surface area (Å²) in [4.78, 5) is 38.5. The molecule has 0 aliphatic carbocycles. The van der Waals surface area contributed by atoms with Crippen molar-refractivity contribution in [3.8, 4) is 0 Å². The lowest BCUT2D eigenvalue weighted by Crippen LogP contribution is -2.43. The molecule has 3 heterocycles. The molecule has 2 saturated heterocycles. The van der Waals surface area contributed by atoms with Crippen LogP contribution in [0.25, 0.3) is 11.1 Å². The lowest BCUT2D eigenvalue weighted by atomic mass is 9.95. The van der Waals surface area contributed by atoms with Crippen LogP contribution in [-0.2, 0) is 19.1 Å². The number of carbonyl (C=O) groups is 2. The third kappa shape index (κ3) is 3.56. The molecular formula is C20H25N3O6. The predicted octanol–water partition coefficient (Wildman–Crippen LogP) is 1.41. The second-order valence-electron chi connectivity index (χ2n) is 7.49. The molecule has 2 aliphatic heterocycles. The van der Waals surface area contributed by atoms with E-state index in [1.54, 1.807) is 20.3 Å². The van der Waals surface area contributed by atoms with Crippen molar-refractivity contribution in [3.05, 3.63) is 28.7 Å². The van der Waals surface area contributed by atoms with Crippen molar-refractivity contribution in [3.63, 3.8) is 0 Å². The van der Waals surface area contributed by atoms with Gasteiger partial charge in [-0.3, -0.25) is 19.5 Å². The van der Waals surface area contributed by atoms with Gasteiger partial charge in [-0.2, -0.15) is 0 Å². The summed E-state index contributed by atoms with van der Waals surface area (Å²) >= 11 is 0. The lowest BCUT2D eigenvalue weighted by molar-refractivity contribution is -0.141. The fourth-order valence-corrected chi connectivity index (χ4v) is 4.41. The zero-order valence-electron chi connectivity index (χ0n) is 16.6. The quantitative estimate of drug-likeness (QED) is 0.595. The largest absolute Gasteiger partial charge is 0.420 e. The van der Waals surface area contributed by atoms with Gasteiger partial charge in [0.2, 0.25) is 11.8 Å². The maximum Gasteiger partial charge on any atom is 0.420 e. The number of methoxy groups -OCH3 is 2. The van der Waals surface area contributed by atoms with Gasteiger partial charge in [-0.25, -0.2) is 4.79 Å². The van der Waals surface area contributed by atoms with Gasteiger partial charge in [0.05, 0.1) is 11.2 Å². The number of piperidine rings is 2. The Morgan fingerprint density at radius 2 is 1.83 bits per heavy atom. The van der Waals surface area contributed by atoms with Crippen LogP contribution in [0.15, 0.2) is 27.4 Å². The number of para-hydroxylation sites is 1. The number of anilines is 1. The molecule has 1 aromatic heterocycles. The molecule has 1 atom stereocenters. The molecule has 0 spiro atoms. The van der Waals surface area contributed by atoms with E-state index in [1.807, 2.05) is 12.1 Å². The number of nitrogens with zero attached hydrogens (tertiary/aromatic N) is 2. The van der Waals surface area contributed by atoms with Crippen molar-refractivity contribution < 1.29 is 23.5 Å². The van der Waals surface area contributed by atoms with E-state index in [9.17, 15) is 14.4 Å². The van der Waals surface area contributed by atoms with Crippen molar-refractivity contribution in [2.45, 2.75) is 38.0 Å². The number of hydrogen-bond donors (Lipinski definition) is 1. The maximum atomic E-state index is 12.6. The molecule has 2 amide bonds. The second kappa shape index (κ2) is 8.00. The van der Waals surface area contributed by atoms with Crippen LogP contribution < -0.4 is 16.0 Å². The average Bonchev–Trinajstić information content (AvgIpc) is 3.05. The number of aromatic nitrogens is 1. The molecular weight excluding hydrogens is 378 g/mol. The first-order valence-electron chi connectivity index (χ1n) is 9.81. The lowest BCUT2D eigenvalue weighted by Gasteiger charge is -2.36. The molecule has 0 saturated carbocycles. The van der Waals surface area contributed by atoms with E-state index in [1.165, 1.54) is 4.57 Å². The smallest absolute Gasteiger partial charge is 0.405 e. The van der Waals surface area contributed by atoms with E-state index >= 15 is 0 Å². The van der Waals surface area contributed by atoms with Gasteiger partial charge in [-0.05, 0) is 31.4 Å². The minimum absolute atomic E-state index is 0.197. The Bertz CT molecular complexity index is 968. The van der Waals surface area contributed by atoms with Gasteiger partial charge >= 0.3 is 5.76 Å². The number of carbonyl (C=O) groups excluding carboxylic acids is 2.